The SMILES string of the molecule is Cc1cc(C(=O)Nc2ccc(N3CC[C@@H](N4CCC[C@@H]4C)C3)cc2C)on1. The molecule has 1 aromatic heterocycles. The van der Waals surface area contributed by atoms with Crippen molar-refractivity contribution in [2.45, 2.75) is 52.1 Å². The van der Waals surface area contributed by atoms with Crippen molar-refractivity contribution < 1.29 is 9.32 Å². The lowest BCUT2D eigenvalue weighted by molar-refractivity contribution is 0.0988. The normalized spacial score (nSPS) is 23.1. The van der Waals surface area contributed by atoms with Crippen LogP contribution in [0.1, 0.15) is 48.0 Å². The molecule has 2 aromatic rings. The number of aromatic nitrogens is 1. The molecule has 1 amide bonds. The molecule has 0 saturated carbocycles. The molecule has 1 N–H and O–H groups in total. The summed E-state index contributed by atoms with van der Waals surface area (Å²) in [6.45, 7) is 9.61. The Hall–Kier alpha value is -2.34. The Balaban J connectivity index is 1.42. The van der Waals surface area contributed by atoms with E-state index in [4.69, 9.17) is 4.52 Å². The second-order valence-corrected chi connectivity index (χ2v) is 7.90. The van der Waals surface area contributed by atoms with E-state index in [0.717, 1.165) is 24.3 Å². The second kappa shape index (κ2) is 7.35. The Kier molecular flexibility index (Phi) is 4.91. The first-order valence-corrected chi connectivity index (χ1v) is 9.87. The average Bonchev–Trinajstić information content (AvgIpc) is 3.37. The number of anilines is 2. The topological polar surface area (TPSA) is 61.6 Å². The van der Waals surface area contributed by atoms with Gasteiger partial charge in [-0.3, -0.25) is 9.69 Å². The van der Waals surface area contributed by atoms with Gasteiger partial charge in [0.25, 0.3) is 5.91 Å². The van der Waals surface area contributed by atoms with Crippen molar-refractivity contribution in [3.63, 3.8) is 0 Å². The largest absolute Gasteiger partial charge is 0.370 e. The van der Waals surface area contributed by atoms with Crippen LogP contribution in [-0.4, -0.2) is 47.7 Å². The van der Waals surface area contributed by atoms with Crippen LogP contribution in [0.4, 0.5) is 11.4 Å². The van der Waals surface area contributed by atoms with Gasteiger partial charge in [-0.05, 0) is 70.3 Å². The minimum Gasteiger partial charge on any atom is -0.370 e. The highest BCUT2D eigenvalue weighted by Crippen LogP contribution is 2.30. The Morgan fingerprint density at radius 2 is 2.07 bits per heavy atom. The predicted molar refractivity (Wildman–Crippen MR) is 106 cm³/mol. The van der Waals surface area contributed by atoms with Crippen LogP contribution in [0, 0.1) is 13.8 Å². The van der Waals surface area contributed by atoms with Crippen LogP contribution < -0.4 is 10.2 Å². The third-order valence-electron chi connectivity index (χ3n) is 5.91. The lowest BCUT2D eigenvalue weighted by Gasteiger charge is -2.28. The smallest absolute Gasteiger partial charge is 0.294 e. The van der Waals surface area contributed by atoms with Gasteiger partial charge in [-0.25, -0.2) is 0 Å². The monoisotopic (exact) mass is 368 g/mol. The maximum absolute atomic E-state index is 12.3. The number of nitrogens with one attached hydrogen (secondary N) is 1. The molecule has 4 rings (SSSR count). The van der Waals surface area contributed by atoms with Crippen molar-refractivity contribution in [3.8, 4) is 0 Å². The van der Waals surface area contributed by atoms with Crippen LogP contribution in [-0.2, 0) is 0 Å². The van der Waals surface area contributed by atoms with E-state index >= 15 is 0 Å². The highest BCUT2D eigenvalue weighted by molar-refractivity contribution is 6.02. The molecular weight excluding hydrogens is 340 g/mol. The van der Waals surface area contributed by atoms with Crippen molar-refractivity contribution in [2.75, 3.05) is 29.9 Å². The van der Waals surface area contributed by atoms with E-state index in [1.165, 1.54) is 31.5 Å². The van der Waals surface area contributed by atoms with Crippen LogP contribution in [0.2, 0.25) is 0 Å². The Bertz CT molecular complexity index is 831. The lowest BCUT2D eigenvalue weighted by atomic mass is 10.1. The number of carbonyl (C=O) groups excluding carboxylic acids is 1. The van der Waals surface area contributed by atoms with Crippen LogP contribution in [0.15, 0.2) is 28.8 Å². The Morgan fingerprint density at radius 1 is 1.22 bits per heavy atom. The zero-order valence-electron chi connectivity index (χ0n) is 16.4. The Labute approximate surface area is 160 Å². The molecule has 0 spiro atoms. The second-order valence-electron chi connectivity index (χ2n) is 7.90. The van der Waals surface area contributed by atoms with Gasteiger partial charge >= 0.3 is 0 Å². The molecule has 0 aliphatic carbocycles. The summed E-state index contributed by atoms with van der Waals surface area (Å²) < 4.78 is 5.04. The molecular formula is C21H28N4O2. The first-order chi connectivity index (χ1) is 13.0. The zero-order chi connectivity index (χ0) is 19.0. The minimum atomic E-state index is -0.268. The molecule has 1 aromatic carbocycles. The fourth-order valence-electron chi connectivity index (χ4n) is 4.38. The third-order valence-corrected chi connectivity index (χ3v) is 5.91. The lowest BCUT2D eigenvalue weighted by Crippen LogP contribution is -2.39. The maximum Gasteiger partial charge on any atom is 0.294 e. The van der Waals surface area contributed by atoms with Crippen molar-refractivity contribution in [3.05, 3.63) is 41.3 Å². The van der Waals surface area contributed by atoms with Gasteiger partial charge in [0.15, 0.2) is 0 Å². The van der Waals surface area contributed by atoms with Gasteiger partial charge in [0.05, 0.1) is 5.69 Å². The van der Waals surface area contributed by atoms with Gasteiger partial charge in [0.1, 0.15) is 0 Å². The highest BCUT2D eigenvalue weighted by atomic mass is 16.5. The molecule has 0 radical (unpaired) electrons. The standard InChI is InChI=1S/C21H28N4O2/c1-14-11-17(24-10-8-18(13-24)25-9-4-5-16(25)3)6-7-19(14)22-21(26)20-12-15(2)23-27-20/h6-7,11-12,16,18H,4-5,8-10,13H2,1-3H3,(H,22,26)/t16-,18+/m0/s1. The number of hydrogen-bond acceptors (Lipinski definition) is 5. The van der Waals surface area contributed by atoms with E-state index in [9.17, 15) is 4.79 Å². The quantitative estimate of drug-likeness (QED) is 0.893. The molecule has 2 fully saturated rings. The number of aryl methyl sites for hydroxylation is 2. The average molecular weight is 368 g/mol. The number of hydrogen-bond donors (Lipinski definition) is 1. The highest BCUT2D eigenvalue weighted by Gasteiger charge is 2.33. The first-order valence-electron chi connectivity index (χ1n) is 9.87. The molecule has 144 valence electrons. The van der Waals surface area contributed by atoms with Crippen LogP contribution in [0.3, 0.4) is 0 Å². The summed E-state index contributed by atoms with van der Waals surface area (Å²) in [7, 11) is 0. The van der Waals surface area contributed by atoms with Gasteiger partial charge in [0.2, 0.25) is 5.76 Å². The van der Waals surface area contributed by atoms with Crippen LogP contribution >= 0.6 is 0 Å². The number of benzene rings is 1. The number of amides is 1. The van der Waals surface area contributed by atoms with Gasteiger partial charge in [0, 0.05) is 42.6 Å². The number of carbonyl (C=O) groups is 1. The van der Waals surface area contributed by atoms with Crippen molar-refractivity contribution in [1.82, 2.24) is 10.1 Å². The van der Waals surface area contributed by atoms with Gasteiger partial charge in [-0.15, -0.1) is 0 Å². The van der Waals surface area contributed by atoms with Crippen molar-refractivity contribution in [2.24, 2.45) is 0 Å². The molecule has 2 aliphatic rings. The fourth-order valence-corrected chi connectivity index (χ4v) is 4.38. The summed E-state index contributed by atoms with van der Waals surface area (Å²) in [5.41, 5.74) is 3.79. The summed E-state index contributed by atoms with van der Waals surface area (Å²) in [6, 6.07) is 9.27. The predicted octanol–water partition coefficient (Wildman–Crippen LogP) is 3.61. The van der Waals surface area contributed by atoms with E-state index in [2.05, 4.69) is 39.3 Å². The zero-order valence-corrected chi connectivity index (χ0v) is 16.4. The van der Waals surface area contributed by atoms with Crippen LogP contribution in [0.25, 0.3) is 0 Å². The fraction of sp³-hybridized carbons (Fsp3) is 0.524. The molecule has 2 saturated heterocycles. The van der Waals surface area contributed by atoms with Gasteiger partial charge in [-0.1, -0.05) is 5.16 Å². The van der Waals surface area contributed by atoms with Crippen molar-refractivity contribution >= 4 is 17.3 Å². The molecule has 0 unspecified atom stereocenters. The van der Waals surface area contributed by atoms with E-state index in [-0.39, 0.29) is 11.7 Å². The minimum absolute atomic E-state index is 0.234. The van der Waals surface area contributed by atoms with Crippen LogP contribution in [0.5, 0.6) is 0 Å². The molecule has 0 bridgehead atoms. The van der Waals surface area contributed by atoms with E-state index in [1.54, 1.807) is 13.0 Å². The van der Waals surface area contributed by atoms with E-state index in [1.807, 2.05) is 13.0 Å². The molecule has 2 aliphatic heterocycles. The number of likely N-dealkylation sites (tertiary alicyclic amines) is 1. The summed E-state index contributed by atoms with van der Waals surface area (Å²) in [6.07, 6.45) is 3.89. The van der Waals surface area contributed by atoms with Crippen molar-refractivity contribution in [1.29, 1.82) is 0 Å². The first kappa shape index (κ1) is 18.0. The summed E-state index contributed by atoms with van der Waals surface area (Å²) >= 11 is 0. The summed E-state index contributed by atoms with van der Waals surface area (Å²) in [5, 5.41) is 6.68. The van der Waals surface area contributed by atoms with E-state index < -0.39 is 0 Å². The molecule has 6 nitrogen and oxygen atoms in total. The maximum atomic E-state index is 12.3. The number of nitrogens with zero attached hydrogens (tertiary/aromatic N) is 3. The molecule has 3 heterocycles. The van der Waals surface area contributed by atoms with Gasteiger partial charge < -0.3 is 14.7 Å². The van der Waals surface area contributed by atoms with E-state index in [0.29, 0.717) is 17.8 Å². The molecule has 6 heteroatoms. The summed E-state index contributed by atoms with van der Waals surface area (Å²) in [5.74, 6) is -0.0335. The number of rotatable bonds is 4. The summed E-state index contributed by atoms with van der Waals surface area (Å²) in [4.78, 5) is 17.4. The van der Waals surface area contributed by atoms with Gasteiger partial charge in [-0.2, -0.15) is 0 Å². The molecule has 2 atom stereocenters. The third kappa shape index (κ3) is 3.72. The molecule has 27 heavy (non-hydrogen) atoms. The Morgan fingerprint density at radius 3 is 2.74 bits per heavy atom.